The predicted octanol–water partition coefficient (Wildman–Crippen LogP) is 2.53. The van der Waals surface area contributed by atoms with Gasteiger partial charge in [-0.05, 0) is 35.9 Å². The van der Waals surface area contributed by atoms with Crippen LogP contribution in [0, 0.1) is 5.82 Å². The van der Waals surface area contributed by atoms with E-state index in [-0.39, 0.29) is 5.75 Å². The minimum absolute atomic E-state index is 0.189. The van der Waals surface area contributed by atoms with Crippen molar-refractivity contribution in [3.8, 4) is 16.9 Å². The summed E-state index contributed by atoms with van der Waals surface area (Å²) in [7, 11) is 0. The second kappa shape index (κ2) is 4.75. The summed E-state index contributed by atoms with van der Waals surface area (Å²) in [6, 6.07) is 10.6. The Labute approximate surface area is 103 Å². The molecule has 0 radical (unpaired) electrons. The van der Waals surface area contributed by atoms with E-state index in [1.54, 1.807) is 24.3 Å². The monoisotopic (exact) mass is 246 g/mol. The van der Waals surface area contributed by atoms with Crippen LogP contribution >= 0.6 is 0 Å². The number of amides is 1. The molecule has 0 saturated carbocycles. The number of nitrogens with two attached hydrogens (primary N) is 2. The van der Waals surface area contributed by atoms with Crippen molar-refractivity contribution < 1.29 is 13.9 Å². The van der Waals surface area contributed by atoms with Gasteiger partial charge in [-0.1, -0.05) is 12.1 Å². The fourth-order valence-corrected chi connectivity index (χ4v) is 1.63. The highest BCUT2D eigenvalue weighted by molar-refractivity contribution is 5.77. The highest BCUT2D eigenvalue weighted by Crippen LogP contribution is 2.31. The average molecular weight is 246 g/mol. The lowest BCUT2D eigenvalue weighted by atomic mass is 10.0. The predicted molar refractivity (Wildman–Crippen MR) is 66.5 cm³/mol. The summed E-state index contributed by atoms with van der Waals surface area (Å²) in [5.74, 6) is -0.251. The van der Waals surface area contributed by atoms with Gasteiger partial charge in [-0.2, -0.15) is 0 Å². The third-order valence-corrected chi connectivity index (χ3v) is 2.35. The summed E-state index contributed by atoms with van der Waals surface area (Å²) in [6.07, 6.45) is -0.952. The summed E-state index contributed by atoms with van der Waals surface area (Å²) in [5.41, 5.74) is 12.2. The summed E-state index contributed by atoms with van der Waals surface area (Å²) in [4.78, 5) is 10.8. The Morgan fingerprint density at radius 2 is 1.94 bits per heavy atom. The molecule has 0 heterocycles. The number of rotatable bonds is 2. The second-order valence-corrected chi connectivity index (χ2v) is 3.69. The lowest BCUT2D eigenvalue weighted by Gasteiger charge is -2.09. The Balaban J connectivity index is 2.54. The summed E-state index contributed by atoms with van der Waals surface area (Å²) in [6.45, 7) is 0. The molecule has 0 atom stereocenters. The van der Waals surface area contributed by atoms with Crippen molar-refractivity contribution in [1.29, 1.82) is 0 Å². The average Bonchev–Trinajstić information content (AvgIpc) is 2.31. The van der Waals surface area contributed by atoms with Crippen LogP contribution in [0.25, 0.3) is 11.1 Å². The van der Waals surface area contributed by atoms with Crippen LogP contribution in [0.15, 0.2) is 42.5 Å². The fraction of sp³-hybridized carbons (Fsp3) is 0. The number of ether oxygens (including phenoxy) is 1. The van der Waals surface area contributed by atoms with E-state index < -0.39 is 11.9 Å². The standard InChI is InChI=1S/C13H11FN2O2/c14-9-4-5-12(18-13(16)17)11(7-9)8-2-1-3-10(15)6-8/h1-7H,15H2,(H2,16,17). The van der Waals surface area contributed by atoms with E-state index in [9.17, 15) is 9.18 Å². The smallest absolute Gasteiger partial charge is 0.409 e. The van der Waals surface area contributed by atoms with Crippen molar-refractivity contribution in [3.63, 3.8) is 0 Å². The second-order valence-electron chi connectivity index (χ2n) is 3.69. The van der Waals surface area contributed by atoms with Gasteiger partial charge in [0.1, 0.15) is 11.6 Å². The number of halogens is 1. The molecule has 4 N–H and O–H groups in total. The van der Waals surface area contributed by atoms with E-state index in [0.717, 1.165) is 0 Å². The number of benzene rings is 2. The third kappa shape index (κ3) is 2.57. The topological polar surface area (TPSA) is 78.3 Å². The molecule has 0 aliphatic heterocycles. The number of primary amides is 1. The van der Waals surface area contributed by atoms with Crippen molar-refractivity contribution in [2.75, 3.05) is 5.73 Å². The first-order chi connectivity index (χ1) is 8.56. The van der Waals surface area contributed by atoms with Crippen LogP contribution in [-0.2, 0) is 0 Å². The molecule has 0 spiro atoms. The molecular weight excluding hydrogens is 235 g/mol. The van der Waals surface area contributed by atoms with Crippen molar-refractivity contribution in [1.82, 2.24) is 0 Å². The minimum atomic E-state index is -0.952. The van der Waals surface area contributed by atoms with Crippen molar-refractivity contribution >= 4 is 11.8 Å². The van der Waals surface area contributed by atoms with Gasteiger partial charge in [-0.15, -0.1) is 0 Å². The summed E-state index contributed by atoms with van der Waals surface area (Å²) >= 11 is 0. The normalized spacial score (nSPS) is 10.1. The molecule has 0 aliphatic rings. The largest absolute Gasteiger partial charge is 0.410 e. The van der Waals surface area contributed by atoms with Crippen LogP contribution in [0.2, 0.25) is 0 Å². The van der Waals surface area contributed by atoms with Gasteiger partial charge in [0.05, 0.1) is 0 Å². The zero-order valence-electron chi connectivity index (χ0n) is 9.39. The number of hydrogen-bond acceptors (Lipinski definition) is 3. The van der Waals surface area contributed by atoms with E-state index in [1.807, 2.05) is 0 Å². The van der Waals surface area contributed by atoms with E-state index in [0.29, 0.717) is 16.8 Å². The first-order valence-electron chi connectivity index (χ1n) is 5.19. The molecule has 0 saturated heterocycles. The lowest BCUT2D eigenvalue weighted by Crippen LogP contribution is -2.16. The van der Waals surface area contributed by atoms with Gasteiger partial charge < -0.3 is 16.2 Å². The number of nitrogen functional groups attached to an aromatic ring is 1. The molecule has 2 rings (SSSR count). The number of carbonyl (C=O) groups excluding carboxylic acids is 1. The molecule has 0 unspecified atom stereocenters. The van der Waals surface area contributed by atoms with Crippen LogP contribution in [0.5, 0.6) is 5.75 Å². The molecular formula is C13H11FN2O2. The lowest BCUT2D eigenvalue weighted by molar-refractivity contribution is 0.211. The van der Waals surface area contributed by atoms with E-state index in [4.69, 9.17) is 16.2 Å². The van der Waals surface area contributed by atoms with Crippen LogP contribution in [-0.4, -0.2) is 6.09 Å². The molecule has 18 heavy (non-hydrogen) atoms. The zero-order chi connectivity index (χ0) is 13.1. The van der Waals surface area contributed by atoms with Crippen LogP contribution in [0.1, 0.15) is 0 Å². The molecule has 2 aromatic rings. The van der Waals surface area contributed by atoms with Crippen LogP contribution in [0.3, 0.4) is 0 Å². The van der Waals surface area contributed by atoms with E-state index >= 15 is 0 Å². The Kier molecular flexibility index (Phi) is 3.14. The molecule has 4 nitrogen and oxygen atoms in total. The summed E-state index contributed by atoms with van der Waals surface area (Å²) in [5, 5.41) is 0. The Morgan fingerprint density at radius 1 is 1.17 bits per heavy atom. The quantitative estimate of drug-likeness (QED) is 0.799. The molecule has 92 valence electrons. The number of carbonyl (C=O) groups is 1. The number of anilines is 1. The molecule has 0 aliphatic carbocycles. The van der Waals surface area contributed by atoms with Gasteiger partial charge in [0, 0.05) is 11.3 Å². The van der Waals surface area contributed by atoms with Gasteiger partial charge in [0.15, 0.2) is 0 Å². The highest BCUT2D eigenvalue weighted by atomic mass is 19.1. The van der Waals surface area contributed by atoms with Gasteiger partial charge in [-0.25, -0.2) is 9.18 Å². The first-order valence-corrected chi connectivity index (χ1v) is 5.19. The van der Waals surface area contributed by atoms with Gasteiger partial charge in [-0.3, -0.25) is 0 Å². The van der Waals surface area contributed by atoms with Crippen LogP contribution in [0.4, 0.5) is 14.9 Å². The SMILES string of the molecule is NC(=O)Oc1ccc(F)cc1-c1cccc(N)c1. The Hall–Kier alpha value is -2.56. The zero-order valence-corrected chi connectivity index (χ0v) is 9.39. The minimum Gasteiger partial charge on any atom is -0.410 e. The molecule has 2 aromatic carbocycles. The molecule has 5 heteroatoms. The molecule has 1 amide bonds. The maximum atomic E-state index is 13.3. The Morgan fingerprint density at radius 3 is 2.61 bits per heavy atom. The van der Waals surface area contributed by atoms with Crippen molar-refractivity contribution in [2.24, 2.45) is 5.73 Å². The van der Waals surface area contributed by atoms with E-state index in [2.05, 4.69) is 0 Å². The van der Waals surface area contributed by atoms with Gasteiger partial charge >= 0.3 is 6.09 Å². The van der Waals surface area contributed by atoms with Crippen molar-refractivity contribution in [2.45, 2.75) is 0 Å². The molecule has 0 aromatic heterocycles. The third-order valence-electron chi connectivity index (χ3n) is 2.35. The van der Waals surface area contributed by atoms with Crippen molar-refractivity contribution in [3.05, 3.63) is 48.3 Å². The number of hydrogen-bond donors (Lipinski definition) is 2. The molecule has 0 bridgehead atoms. The highest BCUT2D eigenvalue weighted by Gasteiger charge is 2.10. The summed E-state index contributed by atoms with van der Waals surface area (Å²) < 4.78 is 18.1. The maximum Gasteiger partial charge on any atom is 0.409 e. The maximum absolute atomic E-state index is 13.3. The van der Waals surface area contributed by atoms with Crippen LogP contribution < -0.4 is 16.2 Å². The van der Waals surface area contributed by atoms with Gasteiger partial charge in [0.2, 0.25) is 0 Å². The molecule has 0 fully saturated rings. The first kappa shape index (κ1) is 11.9. The van der Waals surface area contributed by atoms with E-state index in [1.165, 1.54) is 18.2 Å². The Bertz CT molecular complexity index is 599. The fourth-order valence-electron chi connectivity index (χ4n) is 1.63. The van der Waals surface area contributed by atoms with Gasteiger partial charge in [0.25, 0.3) is 0 Å².